The Balaban J connectivity index is 2.03. The molecule has 1 N–H and O–H groups in total. The topological polar surface area (TPSA) is 12.0 Å². The fourth-order valence-corrected chi connectivity index (χ4v) is 22.0. The van der Waals surface area contributed by atoms with Gasteiger partial charge in [-0.05, 0) is 24.6 Å². The summed E-state index contributed by atoms with van der Waals surface area (Å²) in [6, 6.07) is 31.3. The van der Waals surface area contributed by atoms with Crippen LogP contribution in [0.25, 0.3) is 0 Å². The first-order chi connectivity index (χ1) is 14.6. The Hall–Kier alpha value is -1.14. The smallest absolute Gasteiger partial charge is 0.405 e. The second kappa shape index (κ2) is 10.6. The molecule has 0 heterocycles. The van der Waals surface area contributed by atoms with E-state index in [-0.39, 0.29) is 0 Å². The van der Waals surface area contributed by atoms with Gasteiger partial charge in [0.15, 0.2) is 0 Å². The van der Waals surface area contributed by atoms with E-state index in [1.54, 1.807) is 0 Å². The monoisotopic (exact) mass is 477 g/mol. The molecule has 31 heavy (non-hydrogen) atoms. The van der Waals surface area contributed by atoms with Crippen LogP contribution in [0.3, 0.4) is 0 Å². The molecule has 3 rings (SSSR count). The van der Waals surface area contributed by atoms with E-state index in [4.69, 9.17) is 0 Å². The van der Waals surface area contributed by atoms with Crippen molar-refractivity contribution < 1.29 is 0 Å². The summed E-state index contributed by atoms with van der Waals surface area (Å²) in [6.07, 6.45) is 0. The van der Waals surface area contributed by atoms with Crippen molar-refractivity contribution in [1.29, 1.82) is 0 Å². The molecule has 0 amide bonds. The molecule has 0 atom stereocenters. The summed E-state index contributed by atoms with van der Waals surface area (Å²) < 4.78 is 4.21. The van der Waals surface area contributed by atoms with E-state index in [0.29, 0.717) is 0 Å². The Bertz CT molecular complexity index is 897. The molecule has 0 bridgehead atoms. The number of para-hydroxylation sites is 1. The molecule has 162 valence electrons. The minimum absolute atomic E-state index is 0.581. The molecule has 0 radical (unpaired) electrons. The zero-order valence-electron chi connectivity index (χ0n) is 20.0. The Morgan fingerprint density at radius 1 is 0.613 bits per heavy atom. The number of hydrogen-bond acceptors (Lipinski definition) is 1. The fraction of sp³-hybridized carbons (Fsp3) is 0.308. The Morgan fingerprint density at radius 2 is 1.03 bits per heavy atom. The maximum atomic E-state index is 4.21. The predicted octanol–water partition coefficient (Wildman–Crippen LogP) is 6.60. The van der Waals surface area contributed by atoms with Crippen molar-refractivity contribution in [3.63, 3.8) is 0 Å². The van der Waals surface area contributed by atoms with Crippen LogP contribution in [0.2, 0.25) is 49.1 Å². The lowest BCUT2D eigenvalue weighted by Gasteiger charge is -2.29. The van der Waals surface area contributed by atoms with Crippen LogP contribution < -0.4 is 20.2 Å². The summed E-state index contributed by atoms with van der Waals surface area (Å²) in [6.45, 7) is 15.2. The molecule has 0 aromatic heterocycles. The van der Waals surface area contributed by atoms with E-state index in [9.17, 15) is 0 Å². The van der Waals surface area contributed by atoms with Gasteiger partial charge in [-0.2, -0.15) is 0 Å². The van der Waals surface area contributed by atoms with E-state index >= 15 is 0 Å². The first kappa shape index (κ1) is 24.5. The molecule has 5 heteroatoms. The summed E-state index contributed by atoms with van der Waals surface area (Å²) in [5.74, 6) is 0. The van der Waals surface area contributed by atoms with Crippen molar-refractivity contribution in [3.8, 4) is 0 Å². The largest absolute Gasteiger partial charge is 0.476 e. The van der Waals surface area contributed by atoms with Crippen molar-refractivity contribution >= 4 is 60.0 Å². The molecule has 0 saturated carbocycles. The molecule has 0 fully saturated rings. The van der Waals surface area contributed by atoms with E-state index in [2.05, 4.69) is 129 Å². The Kier molecular flexibility index (Phi) is 8.41. The number of benzene rings is 3. The Morgan fingerprint density at radius 3 is 1.48 bits per heavy atom. The summed E-state index contributed by atoms with van der Waals surface area (Å²) in [5, 5.41) is 4.32. The molecule has 3 aromatic carbocycles. The lowest BCUT2D eigenvalue weighted by molar-refractivity contribution is 1.50. The van der Waals surface area contributed by atoms with Gasteiger partial charge >= 0.3 is 14.4 Å². The van der Waals surface area contributed by atoms with E-state index in [1.165, 1.54) is 31.4 Å². The molecule has 0 aliphatic rings. The Labute approximate surface area is 197 Å². The van der Waals surface area contributed by atoms with E-state index in [0.717, 1.165) is 0 Å². The third-order valence-corrected chi connectivity index (χ3v) is 22.2. The fourth-order valence-electron chi connectivity index (χ4n) is 4.24. The zero-order valence-corrected chi connectivity index (χ0v) is 24.1. The highest BCUT2D eigenvalue weighted by Gasteiger charge is 2.33. The van der Waals surface area contributed by atoms with Gasteiger partial charge in [0.25, 0.3) is 0 Å². The maximum Gasteiger partial charge on any atom is 0.405 e. The highest BCUT2D eigenvalue weighted by molar-refractivity contribution is 7.80. The summed E-state index contributed by atoms with van der Waals surface area (Å²) >= 11 is -1.08. The SMILES string of the molecule is C[Si](C)(C)[CH2][Al]([CH2][Si](C)(C)C)[NH]c1ccccc1P(c1ccccc1)c1ccccc1. The number of anilines is 1. The second-order valence-electron chi connectivity index (χ2n) is 10.9. The molecule has 0 unspecified atom stereocenters. The van der Waals surface area contributed by atoms with E-state index < -0.39 is 38.4 Å². The van der Waals surface area contributed by atoms with Gasteiger partial charge in [0, 0.05) is 27.1 Å². The first-order valence-corrected chi connectivity index (χ1v) is 22.3. The predicted molar refractivity (Wildman–Crippen MR) is 151 cm³/mol. The van der Waals surface area contributed by atoms with Crippen molar-refractivity contribution in [3.05, 3.63) is 84.9 Å². The van der Waals surface area contributed by atoms with Gasteiger partial charge in [-0.3, -0.25) is 0 Å². The standard InChI is InChI=1S/C18H15NP.2C4H11Si.Al/c19-17-13-7-8-14-18(17)20(15-9-3-1-4-10-15)16-11-5-2-6-12-16;2*1-5(2,3)4;/h1-14,19H;2*1H2,2-4H3;/q-1;;;+1. The van der Waals surface area contributed by atoms with Crippen LogP contribution in [-0.4, -0.2) is 30.5 Å². The van der Waals surface area contributed by atoms with Crippen LogP contribution in [0.15, 0.2) is 84.9 Å². The quantitative estimate of drug-likeness (QED) is 0.270. The van der Waals surface area contributed by atoms with Crippen molar-refractivity contribution in [1.82, 2.24) is 0 Å². The maximum absolute atomic E-state index is 4.21. The van der Waals surface area contributed by atoms with Crippen LogP contribution in [0.4, 0.5) is 5.69 Å². The number of nitrogens with one attached hydrogen (secondary N) is 1. The molecule has 1 nitrogen and oxygen atoms in total. The summed E-state index contributed by atoms with van der Waals surface area (Å²) in [7, 11) is -2.82. The highest BCUT2D eigenvalue weighted by Crippen LogP contribution is 2.36. The van der Waals surface area contributed by atoms with Crippen LogP contribution >= 0.6 is 7.92 Å². The van der Waals surface area contributed by atoms with Gasteiger partial charge in [-0.1, -0.05) is 128 Å². The summed E-state index contributed by atoms with van der Waals surface area (Å²) in [5.41, 5.74) is 1.38. The van der Waals surface area contributed by atoms with Gasteiger partial charge < -0.3 is 4.30 Å². The molecule has 3 aromatic rings. The molecule has 0 spiro atoms. The van der Waals surface area contributed by atoms with Gasteiger partial charge in [0.2, 0.25) is 0 Å². The lowest BCUT2D eigenvalue weighted by atomic mass is 10.3. The average molecular weight is 478 g/mol. The highest BCUT2D eigenvalue weighted by atomic mass is 31.1. The molecule has 0 aliphatic carbocycles. The zero-order chi connectivity index (χ0) is 22.5. The van der Waals surface area contributed by atoms with Crippen LogP contribution in [-0.2, 0) is 0 Å². The minimum atomic E-state index is -1.12. The summed E-state index contributed by atoms with van der Waals surface area (Å²) in [4.78, 5) is 2.92. The van der Waals surface area contributed by atoms with Gasteiger partial charge in [0.1, 0.15) is 0 Å². The minimum Gasteiger partial charge on any atom is -0.476 e. The third-order valence-electron chi connectivity index (χ3n) is 5.25. The van der Waals surface area contributed by atoms with Crippen molar-refractivity contribution in [2.45, 2.75) is 49.1 Å². The van der Waals surface area contributed by atoms with Gasteiger partial charge in [-0.25, -0.2) is 0 Å². The second-order valence-corrected chi connectivity index (χ2v) is 28.3. The number of hydrogen-bond donors (Lipinski definition) is 1. The number of rotatable bonds is 9. The van der Waals surface area contributed by atoms with Crippen molar-refractivity contribution in [2.75, 3.05) is 4.30 Å². The molecular weight excluding hydrogens is 440 g/mol. The van der Waals surface area contributed by atoms with Crippen LogP contribution in [0.1, 0.15) is 0 Å². The molecule has 0 saturated heterocycles. The molecule has 0 aliphatic heterocycles. The van der Waals surface area contributed by atoms with Gasteiger partial charge in [-0.15, -0.1) is 0 Å². The van der Waals surface area contributed by atoms with E-state index in [1.807, 2.05) is 0 Å². The van der Waals surface area contributed by atoms with Crippen LogP contribution in [0.5, 0.6) is 0 Å². The van der Waals surface area contributed by atoms with Gasteiger partial charge in [0.05, 0.1) is 0 Å². The van der Waals surface area contributed by atoms with Crippen molar-refractivity contribution in [2.24, 2.45) is 0 Å². The average Bonchev–Trinajstić information content (AvgIpc) is 2.69. The first-order valence-electron chi connectivity index (χ1n) is 11.4. The normalized spacial score (nSPS) is 12.1. The lowest BCUT2D eigenvalue weighted by Crippen LogP contribution is -2.42. The molecular formula is C26H37AlNPSi2. The third kappa shape index (κ3) is 7.74. The van der Waals surface area contributed by atoms with Crippen LogP contribution in [0, 0.1) is 0 Å².